The molecule has 1 saturated carbocycles. The summed E-state index contributed by atoms with van der Waals surface area (Å²) < 4.78 is 33.5. The van der Waals surface area contributed by atoms with E-state index in [1.807, 2.05) is 0 Å². The maximum absolute atomic E-state index is 5.79. The molecule has 0 aromatic rings. The lowest BCUT2D eigenvalue weighted by molar-refractivity contribution is 0.0401. The third-order valence-corrected chi connectivity index (χ3v) is 5.38. The molecule has 5 aliphatic rings. The van der Waals surface area contributed by atoms with Crippen LogP contribution < -0.4 is 0 Å². The van der Waals surface area contributed by atoms with Crippen LogP contribution in [0.15, 0.2) is 0 Å². The normalized spacial score (nSPS) is 52.4. The van der Waals surface area contributed by atoms with E-state index < -0.39 is 0 Å². The zero-order chi connectivity index (χ0) is 14.5. The SMILES string of the molecule is C1CCC(C2OC2OCC2CO2)C(C2OC2OCC2CO2)C1. The van der Waals surface area contributed by atoms with Gasteiger partial charge in [-0.15, -0.1) is 0 Å². The minimum atomic E-state index is -0.0206. The first-order valence-electron chi connectivity index (χ1n) is 8.66. The molecule has 6 nitrogen and oxygen atoms in total. The van der Waals surface area contributed by atoms with Crippen molar-refractivity contribution < 1.29 is 28.4 Å². The van der Waals surface area contributed by atoms with E-state index in [2.05, 4.69) is 0 Å². The van der Waals surface area contributed by atoms with Crippen LogP contribution in [0, 0.1) is 11.8 Å². The molecule has 124 valence electrons. The summed E-state index contributed by atoms with van der Waals surface area (Å²) in [5.41, 5.74) is 0. The van der Waals surface area contributed by atoms with Crippen molar-refractivity contribution in [2.75, 3.05) is 26.4 Å². The van der Waals surface area contributed by atoms with Crippen molar-refractivity contribution in [3.8, 4) is 0 Å². The molecule has 8 unspecified atom stereocenters. The Bertz CT molecular complexity index is 371. The Morgan fingerprint density at radius 2 is 1.18 bits per heavy atom. The zero-order valence-electron chi connectivity index (χ0n) is 12.7. The first-order chi connectivity index (χ1) is 10.9. The maximum atomic E-state index is 5.79. The lowest BCUT2D eigenvalue weighted by Crippen LogP contribution is -2.31. The van der Waals surface area contributed by atoms with Crippen LogP contribution in [0.1, 0.15) is 25.7 Å². The number of rotatable bonds is 8. The standard InChI is InChI=1S/C16H24O6/c1-2-4-12(14-16(22-14)20-8-10-6-18-10)11(3-1)13-15(21-13)19-7-9-5-17-9/h9-16H,1-8H2. The summed E-state index contributed by atoms with van der Waals surface area (Å²) in [7, 11) is 0. The predicted molar refractivity (Wildman–Crippen MR) is 74.2 cm³/mol. The van der Waals surface area contributed by atoms with Gasteiger partial charge in [-0.25, -0.2) is 0 Å². The van der Waals surface area contributed by atoms with Crippen LogP contribution in [0.2, 0.25) is 0 Å². The van der Waals surface area contributed by atoms with Gasteiger partial charge in [-0.2, -0.15) is 0 Å². The van der Waals surface area contributed by atoms with Crippen LogP contribution in [0.3, 0.4) is 0 Å². The van der Waals surface area contributed by atoms with Gasteiger partial charge in [0.2, 0.25) is 0 Å². The highest BCUT2D eigenvalue weighted by molar-refractivity contribution is 4.98. The number of hydrogen-bond donors (Lipinski definition) is 0. The number of hydrogen-bond acceptors (Lipinski definition) is 6. The molecule has 0 aromatic carbocycles. The molecule has 1 aliphatic carbocycles. The van der Waals surface area contributed by atoms with E-state index in [1.54, 1.807) is 0 Å². The van der Waals surface area contributed by atoms with Crippen molar-refractivity contribution >= 4 is 0 Å². The highest BCUT2D eigenvalue weighted by Gasteiger charge is 2.56. The zero-order valence-corrected chi connectivity index (χ0v) is 12.7. The minimum absolute atomic E-state index is 0.0206. The van der Waals surface area contributed by atoms with Crippen molar-refractivity contribution in [1.82, 2.24) is 0 Å². The Morgan fingerprint density at radius 3 is 1.59 bits per heavy atom. The summed E-state index contributed by atoms with van der Waals surface area (Å²) >= 11 is 0. The van der Waals surface area contributed by atoms with E-state index in [-0.39, 0.29) is 24.8 Å². The summed E-state index contributed by atoms with van der Waals surface area (Å²) in [6.45, 7) is 3.02. The van der Waals surface area contributed by atoms with E-state index in [4.69, 9.17) is 28.4 Å². The molecule has 0 amide bonds. The van der Waals surface area contributed by atoms with Crippen molar-refractivity contribution in [2.24, 2.45) is 11.8 Å². The van der Waals surface area contributed by atoms with E-state index >= 15 is 0 Å². The second-order valence-corrected chi connectivity index (χ2v) is 7.13. The third-order valence-electron chi connectivity index (χ3n) is 5.38. The molecule has 22 heavy (non-hydrogen) atoms. The molecule has 4 heterocycles. The summed E-state index contributed by atoms with van der Waals surface area (Å²) in [6, 6.07) is 0. The van der Waals surface area contributed by atoms with Gasteiger partial charge < -0.3 is 28.4 Å². The van der Waals surface area contributed by atoms with Crippen LogP contribution in [0.5, 0.6) is 0 Å². The Labute approximate surface area is 130 Å². The average molecular weight is 312 g/mol. The van der Waals surface area contributed by atoms with Crippen molar-refractivity contribution in [3.05, 3.63) is 0 Å². The first kappa shape index (κ1) is 14.1. The van der Waals surface area contributed by atoms with Gasteiger partial charge in [0.25, 0.3) is 0 Å². The van der Waals surface area contributed by atoms with Crippen LogP contribution in [0.25, 0.3) is 0 Å². The molecular formula is C16H24O6. The Morgan fingerprint density at radius 1 is 0.727 bits per heavy atom. The van der Waals surface area contributed by atoms with Gasteiger partial charge in [-0.05, 0) is 24.7 Å². The molecule has 8 atom stereocenters. The first-order valence-corrected chi connectivity index (χ1v) is 8.66. The second kappa shape index (κ2) is 5.69. The Balaban J connectivity index is 1.12. The lowest BCUT2D eigenvalue weighted by Gasteiger charge is -2.29. The fraction of sp³-hybridized carbons (Fsp3) is 1.00. The highest BCUT2D eigenvalue weighted by atomic mass is 16.8. The second-order valence-electron chi connectivity index (χ2n) is 7.13. The molecule has 0 bridgehead atoms. The summed E-state index contributed by atoms with van der Waals surface area (Å²) in [5, 5.41) is 0. The topological polar surface area (TPSA) is 68.6 Å². The predicted octanol–water partition coefficient (Wildman–Crippen LogP) is 1.07. The summed E-state index contributed by atoms with van der Waals surface area (Å²) in [6.07, 6.45) is 6.08. The van der Waals surface area contributed by atoms with Crippen molar-refractivity contribution in [1.29, 1.82) is 0 Å². The monoisotopic (exact) mass is 312 g/mol. The van der Waals surface area contributed by atoms with Crippen molar-refractivity contribution in [3.63, 3.8) is 0 Å². The minimum Gasteiger partial charge on any atom is -0.371 e. The van der Waals surface area contributed by atoms with Crippen LogP contribution in [-0.2, 0) is 28.4 Å². The number of epoxide rings is 4. The largest absolute Gasteiger partial charge is 0.371 e. The van der Waals surface area contributed by atoms with E-state index in [0.29, 0.717) is 37.3 Å². The summed E-state index contributed by atoms with van der Waals surface area (Å²) in [5.74, 6) is 1.10. The molecule has 0 aromatic heterocycles. The average Bonchev–Trinajstić information content (AvgIpc) is 3.41. The van der Waals surface area contributed by atoms with Gasteiger partial charge in [0.05, 0.1) is 26.4 Å². The van der Waals surface area contributed by atoms with Crippen molar-refractivity contribution in [2.45, 2.75) is 62.7 Å². The molecule has 0 spiro atoms. The lowest BCUT2D eigenvalue weighted by atomic mass is 9.75. The van der Waals surface area contributed by atoms with Crippen LogP contribution in [0.4, 0.5) is 0 Å². The molecular weight excluding hydrogens is 288 g/mol. The van der Waals surface area contributed by atoms with E-state index in [1.165, 1.54) is 25.7 Å². The van der Waals surface area contributed by atoms with Gasteiger partial charge in [-0.1, -0.05) is 12.8 Å². The molecule has 6 heteroatoms. The van der Waals surface area contributed by atoms with E-state index in [9.17, 15) is 0 Å². The third kappa shape index (κ3) is 3.18. The molecule has 0 radical (unpaired) electrons. The van der Waals surface area contributed by atoms with Gasteiger partial charge in [0, 0.05) is 0 Å². The van der Waals surface area contributed by atoms with Gasteiger partial charge >= 0.3 is 0 Å². The number of ether oxygens (including phenoxy) is 6. The fourth-order valence-electron chi connectivity index (χ4n) is 3.83. The smallest absolute Gasteiger partial charge is 0.184 e. The molecule has 4 aliphatic heterocycles. The summed E-state index contributed by atoms with van der Waals surface area (Å²) in [4.78, 5) is 0. The molecule has 5 rings (SSSR count). The van der Waals surface area contributed by atoms with E-state index in [0.717, 1.165) is 13.2 Å². The quantitative estimate of drug-likeness (QED) is 0.625. The molecule has 5 fully saturated rings. The highest BCUT2D eigenvalue weighted by Crippen LogP contribution is 2.48. The van der Waals surface area contributed by atoms with Gasteiger partial charge in [0.1, 0.15) is 24.4 Å². The van der Waals surface area contributed by atoms with Gasteiger partial charge in [0.15, 0.2) is 12.6 Å². The van der Waals surface area contributed by atoms with Crippen LogP contribution in [-0.4, -0.2) is 63.4 Å². The van der Waals surface area contributed by atoms with Crippen LogP contribution >= 0.6 is 0 Å². The Hall–Kier alpha value is -0.240. The maximum Gasteiger partial charge on any atom is 0.184 e. The fourth-order valence-corrected chi connectivity index (χ4v) is 3.83. The van der Waals surface area contributed by atoms with Gasteiger partial charge in [-0.3, -0.25) is 0 Å². The molecule has 4 saturated heterocycles. The Kier molecular flexibility index (Phi) is 3.65. The molecule has 0 N–H and O–H groups in total.